The molecule has 0 aromatic heterocycles. The molecule has 2 aromatic carbocycles. The lowest BCUT2D eigenvalue weighted by Crippen LogP contribution is -2.50. The number of carbonyl (C=O) groups is 2. The fourth-order valence-corrected chi connectivity index (χ4v) is 8.10. The minimum atomic E-state index is -6.35. The highest BCUT2D eigenvalue weighted by Crippen LogP contribution is 2.54. The molecule has 2 amide bonds. The Balaban J connectivity index is 1.68. The normalized spacial score (nSPS) is 22.4. The molecule has 15 heteroatoms. The first-order chi connectivity index (χ1) is 19.8. The van der Waals surface area contributed by atoms with Crippen molar-refractivity contribution in [1.29, 1.82) is 0 Å². The molecule has 0 bridgehead atoms. The summed E-state index contributed by atoms with van der Waals surface area (Å²) in [7, 11) is -4.49. The molecule has 1 N–H and O–H groups in total. The van der Waals surface area contributed by atoms with Gasteiger partial charge in [-0.25, -0.2) is 17.2 Å². The zero-order valence-electron chi connectivity index (χ0n) is 22.7. The zero-order valence-corrected chi connectivity index (χ0v) is 23.6. The minimum absolute atomic E-state index is 0.0817. The number of likely N-dealkylation sites (tertiary alicyclic amines) is 1. The molecule has 1 saturated carbocycles. The van der Waals surface area contributed by atoms with Crippen LogP contribution in [0, 0.1) is 11.7 Å². The van der Waals surface area contributed by atoms with Gasteiger partial charge in [0, 0.05) is 37.5 Å². The molecular weight excluding hydrogens is 612 g/mol. The van der Waals surface area contributed by atoms with Gasteiger partial charge in [-0.1, -0.05) is 24.3 Å². The number of alkyl halides is 7. The molecule has 1 aliphatic heterocycles. The summed E-state index contributed by atoms with van der Waals surface area (Å²) < 4.78 is 134. The second-order valence-corrected chi connectivity index (χ2v) is 13.2. The summed E-state index contributed by atoms with van der Waals surface area (Å²) in [5.41, 5.74) is -7.68. The van der Waals surface area contributed by atoms with Crippen LogP contribution in [0.25, 0.3) is 0 Å². The molecule has 1 saturated heterocycles. The van der Waals surface area contributed by atoms with Gasteiger partial charge in [0.05, 0.1) is 4.90 Å². The van der Waals surface area contributed by atoms with Gasteiger partial charge in [0.15, 0.2) is 9.84 Å². The Morgan fingerprint density at radius 1 is 0.860 bits per heavy atom. The molecular formula is C28H28F8N2O4S. The monoisotopic (exact) mass is 640 g/mol. The number of nitrogens with zero attached hydrogens (tertiary/aromatic N) is 1. The molecule has 0 radical (unpaired) electrons. The van der Waals surface area contributed by atoms with Crippen LogP contribution in [0.2, 0.25) is 0 Å². The topological polar surface area (TPSA) is 83.6 Å². The van der Waals surface area contributed by atoms with E-state index in [-0.39, 0.29) is 53.7 Å². The van der Waals surface area contributed by atoms with Crippen molar-refractivity contribution in [3.63, 3.8) is 0 Å². The predicted octanol–water partition coefficient (Wildman–Crippen LogP) is 5.71. The largest absolute Gasteiger partial charge is 0.435 e. The number of piperidine rings is 1. The maximum atomic E-state index is 14.7. The van der Waals surface area contributed by atoms with Gasteiger partial charge in [-0.05, 0) is 61.9 Å². The first-order valence-corrected chi connectivity index (χ1v) is 14.8. The summed E-state index contributed by atoms with van der Waals surface area (Å²) in [6.07, 6.45) is -12.4. The molecule has 6 nitrogen and oxygen atoms in total. The van der Waals surface area contributed by atoms with E-state index in [9.17, 15) is 53.1 Å². The van der Waals surface area contributed by atoms with Crippen LogP contribution in [-0.4, -0.2) is 56.6 Å². The van der Waals surface area contributed by atoms with Crippen molar-refractivity contribution in [3.8, 4) is 0 Å². The van der Waals surface area contributed by atoms with Crippen LogP contribution in [0.1, 0.15) is 50.2 Å². The number of nitrogens with one attached hydrogen (secondary N) is 1. The summed E-state index contributed by atoms with van der Waals surface area (Å²) in [5, 5.41) is 2.80. The molecule has 1 heterocycles. The maximum absolute atomic E-state index is 14.7. The number of rotatable bonds is 6. The smallest absolute Gasteiger partial charge is 0.353 e. The van der Waals surface area contributed by atoms with Crippen LogP contribution in [0.3, 0.4) is 0 Å². The van der Waals surface area contributed by atoms with E-state index in [2.05, 4.69) is 5.32 Å². The van der Waals surface area contributed by atoms with Gasteiger partial charge in [-0.2, -0.15) is 26.3 Å². The predicted molar refractivity (Wildman–Crippen MR) is 137 cm³/mol. The van der Waals surface area contributed by atoms with Gasteiger partial charge in [-0.15, -0.1) is 0 Å². The standard InChI is InChI=1S/C28H28F8N2O4S/c1-17(39)38-14-11-18(12-15-38)24(40)37-22-10-13-25(16-22,43(41,42)23-8-6-21(29)7-9-23)19-2-4-20(5-3-19)26(30,27(31,32)33)28(34,35)36/h2-9,18,22H,10-16H2,1H3,(H,37,40). The Labute approximate surface area is 242 Å². The van der Waals surface area contributed by atoms with Crippen LogP contribution in [0.15, 0.2) is 53.4 Å². The third-order valence-corrected chi connectivity index (χ3v) is 10.9. The molecule has 4 rings (SSSR count). The van der Waals surface area contributed by atoms with Gasteiger partial charge in [0.1, 0.15) is 10.6 Å². The van der Waals surface area contributed by atoms with E-state index in [1.54, 1.807) is 4.90 Å². The quantitative estimate of drug-likeness (QED) is 0.324. The molecule has 2 aromatic rings. The van der Waals surface area contributed by atoms with Gasteiger partial charge >= 0.3 is 18.0 Å². The fraction of sp³-hybridized carbons (Fsp3) is 0.500. The summed E-state index contributed by atoms with van der Waals surface area (Å²) in [4.78, 5) is 25.8. The van der Waals surface area contributed by atoms with Crippen molar-refractivity contribution in [2.75, 3.05) is 13.1 Å². The second kappa shape index (κ2) is 11.4. The minimum Gasteiger partial charge on any atom is -0.353 e. The highest BCUT2D eigenvalue weighted by molar-refractivity contribution is 7.92. The lowest BCUT2D eigenvalue weighted by Gasteiger charge is -2.33. The number of sulfone groups is 1. The molecule has 1 aliphatic carbocycles. The first-order valence-electron chi connectivity index (χ1n) is 13.3. The number of hydrogen-bond acceptors (Lipinski definition) is 4. The number of carbonyl (C=O) groups excluding carboxylic acids is 2. The lowest BCUT2D eigenvalue weighted by molar-refractivity contribution is -0.348. The average Bonchev–Trinajstić information content (AvgIpc) is 3.37. The number of benzene rings is 2. The molecule has 43 heavy (non-hydrogen) atoms. The Hall–Kier alpha value is -3.23. The third-order valence-electron chi connectivity index (χ3n) is 8.36. The van der Waals surface area contributed by atoms with Crippen LogP contribution in [0.5, 0.6) is 0 Å². The maximum Gasteiger partial charge on any atom is 0.435 e. The molecule has 2 unspecified atom stereocenters. The zero-order chi connectivity index (χ0) is 32.0. The van der Waals surface area contributed by atoms with E-state index in [0.29, 0.717) is 38.1 Å². The van der Waals surface area contributed by atoms with E-state index < -0.39 is 55.9 Å². The van der Waals surface area contributed by atoms with E-state index in [4.69, 9.17) is 0 Å². The SMILES string of the molecule is CC(=O)N1CCC(C(=O)NC2CCC(c3ccc(C(F)(C(F)(F)F)C(F)(F)F)cc3)(S(=O)(=O)c3ccc(F)cc3)C2)CC1. The van der Waals surface area contributed by atoms with Crippen LogP contribution in [0.4, 0.5) is 35.1 Å². The van der Waals surface area contributed by atoms with Crippen molar-refractivity contribution in [2.24, 2.45) is 5.92 Å². The number of hydrogen-bond donors (Lipinski definition) is 1. The third kappa shape index (κ3) is 5.84. The van der Waals surface area contributed by atoms with Gasteiger partial charge in [-0.3, -0.25) is 9.59 Å². The molecule has 0 spiro atoms. The van der Waals surface area contributed by atoms with E-state index in [1.165, 1.54) is 6.92 Å². The highest BCUT2D eigenvalue weighted by atomic mass is 32.2. The summed E-state index contributed by atoms with van der Waals surface area (Å²) in [6, 6.07) is 4.92. The Kier molecular flexibility index (Phi) is 8.63. The average molecular weight is 641 g/mol. The van der Waals surface area contributed by atoms with Crippen molar-refractivity contribution < 1.29 is 53.1 Å². The molecule has 2 fully saturated rings. The Morgan fingerprint density at radius 2 is 1.40 bits per heavy atom. The fourth-order valence-electron chi connectivity index (χ4n) is 5.90. The van der Waals surface area contributed by atoms with Crippen molar-refractivity contribution >= 4 is 21.7 Å². The van der Waals surface area contributed by atoms with Crippen molar-refractivity contribution in [2.45, 2.75) is 72.7 Å². The molecule has 2 aliphatic rings. The Morgan fingerprint density at radius 3 is 1.88 bits per heavy atom. The summed E-state index contributed by atoms with van der Waals surface area (Å²) >= 11 is 0. The van der Waals surface area contributed by atoms with Crippen LogP contribution in [-0.2, 0) is 29.8 Å². The number of halogens is 8. The van der Waals surface area contributed by atoms with Crippen LogP contribution >= 0.6 is 0 Å². The molecule has 236 valence electrons. The highest BCUT2D eigenvalue weighted by Gasteiger charge is 2.73. The van der Waals surface area contributed by atoms with Gasteiger partial charge < -0.3 is 10.2 Å². The second-order valence-electron chi connectivity index (χ2n) is 10.9. The van der Waals surface area contributed by atoms with E-state index in [0.717, 1.165) is 24.3 Å². The lowest BCUT2D eigenvalue weighted by atomic mass is 9.89. The first kappa shape index (κ1) is 32.7. The van der Waals surface area contributed by atoms with Crippen molar-refractivity contribution in [1.82, 2.24) is 10.2 Å². The van der Waals surface area contributed by atoms with E-state index in [1.807, 2.05) is 0 Å². The summed E-state index contributed by atoms with van der Waals surface area (Å²) in [6.45, 7) is 2.13. The Bertz CT molecular complexity index is 1440. The number of amides is 2. The van der Waals surface area contributed by atoms with Gasteiger partial charge in [0.2, 0.25) is 11.8 Å². The van der Waals surface area contributed by atoms with Crippen LogP contribution < -0.4 is 5.32 Å². The molecule has 2 atom stereocenters. The van der Waals surface area contributed by atoms with Crippen molar-refractivity contribution in [3.05, 3.63) is 65.5 Å². The van der Waals surface area contributed by atoms with E-state index >= 15 is 0 Å². The summed E-state index contributed by atoms with van der Waals surface area (Å²) in [5.74, 6) is -1.72. The van der Waals surface area contributed by atoms with Gasteiger partial charge in [0.25, 0.3) is 0 Å².